The Morgan fingerprint density at radius 2 is 1.89 bits per heavy atom. The number of ether oxygens (including phenoxy) is 1. The highest BCUT2D eigenvalue weighted by Crippen LogP contribution is 2.24. The molecule has 0 bridgehead atoms. The third kappa shape index (κ3) is 5.74. The highest BCUT2D eigenvalue weighted by atomic mass is 32.2. The molecule has 1 saturated heterocycles. The number of halogens is 1. The smallest absolute Gasteiger partial charge is 0.338 e. The number of hydrogen-bond acceptors (Lipinski definition) is 5. The van der Waals surface area contributed by atoms with Crippen molar-refractivity contribution in [3.63, 3.8) is 0 Å². The van der Waals surface area contributed by atoms with Crippen molar-refractivity contribution in [1.29, 1.82) is 0 Å². The zero-order chi connectivity index (χ0) is 20.0. The lowest BCUT2D eigenvalue weighted by Gasteiger charge is -2.26. The summed E-state index contributed by atoms with van der Waals surface area (Å²) in [4.78, 5) is 23.2. The van der Waals surface area contributed by atoms with Crippen LogP contribution < -0.4 is 5.32 Å². The summed E-state index contributed by atoms with van der Waals surface area (Å²) in [6.07, 6.45) is 2.36. The lowest BCUT2D eigenvalue weighted by atomic mass is 10.2. The average molecular weight is 400 g/mol. The molecule has 0 saturated carbocycles. The van der Waals surface area contributed by atoms with Gasteiger partial charge in [-0.05, 0) is 37.0 Å². The van der Waals surface area contributed by atoms with E-state index in [1.54, 1.807) is 0 Å². The van der Waals surface area contributed by atoms with Crippen molar-refractivity contribution < 1.29 is 27.1 Å². The topological polar surface area (TPSA) is 92.8 Å². The second-order valence-electron chi connectivity index (χ2n) is 6.88. The minimum absolute atomic E-state index is 0.122. The maximum Gasteiger partial charge on any atom is 0.338 e. The molecular formula is C18H25FN2O5S. The van der Waals surface area contributed by atoms with Crippen molar-refractivity contribution in [3.05, 3.63) is 29.6 Å². The molecule has 1 aromatic carbocycles. The molecule has 0 unspecified atom stereocenters. The second-order valence-corrected chi connectivity index (χ2v) is 8.79. The zero-order valence-corrected chi connectivity index (χ0v) is 16.4. The van der Waals surface area contributed by atoms with Crippen LogP contribution in [0.1, 0.15) is 43.5 Å². The molecule has 1 fully saturated rings. The van der Waals surface area contributed by atoms with Crippen LogP contribution in [-0.4, -0.2) is 50.8 Å². The largest absolute Gasteiger partial charge is 0.452 e. The Morgan fingerprint density at radius 1 is 1.22 bits per heavy atom. The van der Waals surface area contributed by atoms with Crippen LogP contribution in [-0.2, 0) is 19.6 Å². The fourth-order valence-corrected chi connectivity index (χ4v) is 4.26. The highest BCUT2D eigenvalue weighted by molar-refractivity contribution is 7.89. The summed E-state index contributed by atoms with van der Waals surface area (Å²) < 4.78 is 45.6. The van der Waals surface area contributed by atoms with Gasteiger partial charge >= 0.3 is 5.97 Å². The van der Waals surface area contributed by atoms with Crippen LogP contribution in [0.4, 0.5) is 4.39 Å². The second kappa shape index (κ2) is 9.27. The van der Waals surface area contributed by atoms with Crippen LogP contribution >= 0.6 is 0 Å². The Kier molecular flexibility index (Phi) is 7.32. The van der Waals surface area contributed by atoms with Gasteiger partial charge in [0.1, 0.15) is 10.7 Å². The van der Waals surface area contributed by atoms with Gasteiger partial charge < -0.3 is 10.1 Å². The van der Waals surface area contributed by atoms with Crippen LogP contribution in [0, 0.1) is 11.7 Å². The maximum absolute atomic E-state index is 14.2. The van der Waals surface area contributed by atoms with Gasteiger partial charge in [0.05, 0.1) is 5.56 Å². The number of carbonyl (C=O) groups is 2. The van der Waals surface area contributed by atoms with Crippen molar-refractivity contribution in [3.8, 4) is 0 Å². The zero-order valence-electron chi connectivity index (χ0n) is 15.5. The quantitative estimate of drug-likeness (QED) is 0.706. The van der Waals surface area contributed by atoms with Gasteiger partial charge in [-0.25, -0.2) is 17.6 Å². The summed E-state index contributed by atoms with van der Waals surface area (Å²) in [5.41, 5.74) is -0.122. The molecule has 1 amide bonds. The molecule has 1 N–H and O–H groups in total. The van der Waals surface area contributed by atoms with Gasteiger partial charge in [-0.15, -0.1) is 0 Å². The number of sulfonamides is 1. The molecule has 0 aliphatic carbocycles. The number of nitrogens with zero attached hydrogens (tertiary/aromatic N) is 1. The van der Waals surface area contributed by atoms with E-state index in [-0.39, 0.29) is 11.5 Å². The van der Waals surface area contributed by atoms with Crippen molar-refractivity contribution in [2.45, 2.75) is 38.0 Å². The number of hydrogen-bond donors (Lipinski definition) is 1. The van der Waals surface area contributed by atoms with Crippen molar-refractivity contribution in [1.82, 2.24) is 9.62 Å². The Labute approximate surface area is 158 Å². The van der Waals surface area contributed by atoms with E-state index in [1.165, 1.54) is 4.31 Å². The van der Waals surface area contributed by atoms with Gasteiger partial charge in [-0.2, -0.15) is 4.31 Å². The van der Waals surface area contributed by atoms with E-state index in [9.17, 15) is 22.4 Å². The lowest BCUT2D eigenvalue weighted by Crippen LogP contribution is -2.36. The van der Waals surface area contributed by atoms with E-state index in [0.717, 1.165) is 24.6 Å². The van der Waals surface area contributed by atoms with E-state index in [0.29, 0.717) is 32.5 Å². The van der Waals surface area contributed by atoms with Crippen LogP contribution in [0.15, 0.2) is 23.1 Å². The van der Waals surface area contributed by atoms with Crippen LogP contribution in [0.25, 0.3) is 0 Å². The summed E-state index contributed by atoms with van der Waals surface area (Å²) in [7, 11) is -4.03. The van der Waals surface area contributed by atoms with Crippen molar-refractivity contribution in [2.75, 3.05) is 26.2 Å². The summed E-state index contributed by atoms with van der Waals surface area (Å²) in [5.74, 6) is -2.01. The van der Waals surface area contributed by atoms with Gasteiger partial charge in [0.2, 0.25) is 10.0 Å². The standard InChI is InChI=1S/C18H25FN2O5S/c1-13(2)11-20-17(22)12-26-18(23)14-6-7-15(19)16(10-14)27(24,25)21-8-4-3-5-9-21/h6-7,10,13H,3-5,8-9,11-12H2,1-2H3,(H,20,22). The first-order valence-corrected chi connectivity index (χ1v) is 10.4. The third-order valence-electron chi connectivity index (χ3n) is 4.14. The van der Waals surface area contributed by atoms with E-state index in [1.807, 2.05) is 13.8 Å². The van der Waals surface area contributed by atoms with Crippen molar-refractivity contribution >= 4 is 21.9 Å². The molecule has 2 rings (SSSR count). The number of rotatable bonds is 7. The number of piperidine rings is 1. The van der Waals surface area contributed by atoms with Gasteiger partial charge in [-0.1, -0.05) is 20.3 Å². The SMILES string of the molecule is CC(C)CNC(=O)COC(=O)c1ccc(F)c(S(=O)(=O)N2CCCCC2)c1. The molecule has 0 aromatic heterocycles. The van der Waals surface area contributed by atoms with Crippen molar-refractivity contribution in [2.24, 2.45) is 5.92 Å². The van der Waals surface area contributed by atoms with E-state index in [4.69, 9.17) is 4.74 Å². The Morgan fingerprint density at radius 3 is 2.52 bits per heavy atom. The molecule has 1 aromatic rings. The van der Waals surface area contributed by atoms with Gasteiger partial charge in [-0.3, -0.25) is 4.79 Å². The Bertz CT molecular complexity index is 789. The number of benzene rings is 1. The number of carbonyl (C=O) groups excluding carboxylic acids is 2. The molecule has 1 aliphatic heterocycles. The predicted molar refractivity (Wildman–Crippen MR) is 97.1 cm³/mol. The first kappa shape index (κ1) is 21.3. The fourth-order valence-electron chi connectivity index (χ4n) is 2.66. The fraction of sp³-hybridized carbons (Fsp3) is 0.556. The molecule has 27 heavy (non-hydrogen) atoms. The van der Waals surface area contributed by atoms with Crippen LogP contribution in [0.5, 0.6) is 0 Å². The van der Waals surface area contributed by atoms with E-state index in [2.05, 4.69) is 5.32 Å². The minimum Gasteiger partial charge on any atom is -0.452 e. The van der Waals surface area contributed by atoms with E-state index < -0.39 is 39.2 Å². The average Bonchev–Trinajstić information content (AvgIpc) is 2.65. The Balaban J connectivity index is 2.09. The molecule has 1 aliphatic rings. The minimum atomic E-state index is -4.03. The van der Waals surface area contributed by atoms with E-state index >= 15 is 0 Å². The van der Waals surface area contributed by atoms with Gasteiger partial charge in [0.15, 0.2) is 6.61 Å². The summed E-state index contributed by atoms with van der Waals surface area (Å²) in [6.45, 7) is 4.46. The van der Waals surface area contributed by atoms with Gasteiger partial charge in [0.25, 0.3) is 5.91 Å². The first-order valence-electron chi connectivity index (χ1n) is 8.95. The predicted octanol–water partition coefficient (Wildman–Crippen LogP) is 1.93. The Hall–Kier alpha value is -2.00. The number of nitrogens with one attached hydrogen (secondary N) is 1. The highest BCUT2D eigenvalue weighted by Gasteiger charge is 2.29. The summed E-state index contributed by atoms with van der Waals surface area (Å²) in [6, 6.07) is 3.03. The molecule has 9 heteroatoms. The molecule has 1 heterocycles. The first-order chi connectivity index (χ1) is 12.7. The maximum atomic E-state index is 14.2. The van der Waals surface area contributed by atoms with Crippen LogP contribution in [0.3, 0.4) is 0 Å². The summed E-state index contributed by atoms with van der Waals surface area (Å²) >= 11 is 0. The molecule has 0 spiro atoms. The number of amides is 1. The van der Waals surface area contributed by atoms with Crippen LogP contribution in [0.2, 0.25) is 0 Å². The molecule has 150 valence electrons. The molecule has 0 radical (unpaired) electrons. The molecule has 7 nitrogen and oxygen atoms in total. The van der Waals surface area contributed by atoms with Gasteiger partial charge in [0, 0.05) is 19.6 Å². The summed E-state index contributed by atoms with van der Waals surface area (Å²) in [5, 5.41) is 2.60. The lowest BCUT2D eigenvalue weighted by molar-refractivity contribution is -0.124. The normalized spacial score (nSPS) is 15.6. The molecular weight excluding hydrogens is 375 g/mol. The number of esters is 1. The monoisotopic (exact) mass is 400 g/mol. The molecule has 0 atom stereocenters. The third-order valence-corrected chi connectivity index (χ3v) is 6.06.